The van der Waals surface area contributed by atoms with Crippen LogP contribution in [0.5, 0.6) is 0 Å². The third-order valence-electron chi connectivity index (χ3n) is 4.02. The molecule has 1 unspecified atom stereocenters. The molecule has 1 aromatic rings. The normalized spacial score (nSPS) is 21.0. The minimum absolute atomic E-state index is 0.215. The molecule has 7 nitrogen and oxygen atoms in total. The molecule has 0 aromatic carbocycles. The summed E-state index contributed by atoms with van der Waals surface area (Å²) in [7, 11) is 0.0868. The molecule has 8 heteroatoms. The first kappa shape index (κ1) is 16.4. The Balaban J connectivity index is 1.84. The summed E-state index contributed by atoms with van der Waals surface area (Å²) in [6.07, 6.45) is 7.52. The second-order valence-electron chi connectivity index (χ2n) is 5.76. The standard InChI is InChI=1S/C13H25N5O2S/c1-16(2)21(19,20)9-5-8-17-7-4-3-6-13(17)10-18-12-14-11-15-18/h11-13H,3-10H2,1-2H3. The molecule has 0 amide bonds. The van der Waals surface area contributed by atoms with E-state index >= 15 is 0 Å². The Labute approximate surface area is 127 Å². The summed E-state index contributed by atoms with van der Waals surface area (Å²) in [5.74, 6) is 0.215. The monoisotopic (exact) mass is 315 g/mol. The van der Waals surface area contributed by atoms with Crippen molar-refractivity contribution in [3.63, 3.8) is 0 Å². The first-order valence-corrected chi connectivity index (χ1v) is 9.06. The summed E-state index contributed by atoms with van der Waals surface area (Å²) >= 11 is 0. The molecule has 0 spiro atoms. The van der Waals surface area contributed by atoms with Crippen LogP contribution in [0.3, 0.4) is 0 Å². The predicted molar refractivity (Wildman–Crippen MR) is 81.3 cm³/mol. The number of likely N-dealkylation sites (tertiary alicyclic amines) is 1. The van der Waals surface area contributed by atoms with E-state index in [4.69, 9.17) is 0 Å². The lowest BCUT2D eigenvalue weighted by atomic mass is 10.0. The molecule has 1 fully saturated rings. The summed E-state index contributed by atoms with van der Waals surface area (Å²) in [6, 6.07) is 0.433. The van der Waals surface area contributed by atoms with Crippen LogP contribution in [0.1, 0.15) is 25.7 Å². The highest BCUT2D eigenvalue weighted by molar-refractivity contribution is 7.89. The summed E-state index contributed by atoms with van der Waals surface area (Å²) in [5.41, 5.74) is 0. The van der Waals surface area contributed by atoms with Crippen LogP contribution in [-0.4, -0.2) is 71.4 Å². The first-order valence-electron chi connectivity index (χ1n) is 7.46. The van der Waals surface area contributed by atoms with Gasteiger partial charge in [0.2, 0.25) is 10.0 Å². The van der Waals surface area contributed by atoms with E-state index in [1.165, 1.54) is 17.1 Å². The van der Waals surface area contributed by atoms with Crippen molar-refractivity contribution in [1.29, 1.82) is 0 Å². The third-order valence-corrected chi connectivity index (χ3v) is 5.93. The van der Waals surface area contributed by atoms with Crippen LogP contribution in [0.15, 0.2) is 12.7 Å². The molecule has 1 aromatic heterocycles. The van der Waals surface area contributed by atoms with Crippen LogP contribution in [0, 0.1) is 0 Å². The highest BCUT2D eigenvalue weighted by atomic mass is 32.2. The fourth-order valence-electron chi connectivity index (χ4n) is 2.74. The Bertz CT molecular complexity index is 515. The molecule has 1 saturated heterocycles. The van der Waals surface area contributed by atoms with Gasteiger partial charge in [-0.1, -0.05) is 6.42 Å². The number of hydrogen-bond acceptors (Lipinski definition) is 5. The second kappa shape index (κ2) is 7.33. The van der Waals surface area contributed by atoms with Gasteiger partial charge in [-0.25, -0.2) is 17.7 Å². The van der Waals surface area contributed by atoms with E-state index in [1.54, 1.807) is 26.7 Å². The molecule has 2 heterocycles. The van der Waals surface area contributed by atoms with E-state index in [-0.39, 0.29) is 5.75 Å². The summed E-state index contributed by atoms with van der Waals surface area (Å²) in [6.45, 7) is 2.70. The molecule has 0 N–H and O–H groups in total. The van der Waals surface area contributed by atoms with Gasteiger partial charge in [0.15, 0.2) is 0 Å². The van der Waals surface area contributed by atoms with E-state index in [2.05, 4.69) is 15.0 Å². The molecular weight excluding hydrogens is 290 g/mol. The lowest BCUT2D eigenvalue weighted by Crippen LogP contribution is -2.43. The number of rotatable bonds is 7. The number of hydrogen-bond donors (Lipinski definition) is 0. The van der Waals surface area contributed by atoms with Crippen LogP contribution in [0.25, 0.3) is 0 Å². The second-order valence-corrected chi connectivity index (χ2v) is 8.06. The molecule has 2 rings (SSSR count). The van der Waals surface area contributed by atoms with Crippen molar-refractivity contribution in [2.24, 2.45) is 0 Å². The Hall–Kier alpha value is -0.990. The molecule has 120 valence electrons. The Kier molecular flexibility index (Phi) is 5.72. The smallest absolute Gasteiger partial charge is 0.213 e. The number of aromatic nitrogens is 3. The largest absolute Gasteiger partial charge is 0.299 e. The fraction of sp³-hybridized carbons (Fsp3) is 0.846. The van der Waals surface area contributed by atoms with E-state index in [9.17, 15) is 8.42 Å². The molecule has 0 aliphatic carbocycles. The van der Waals surface area contributed by atoms with Crippen LogP contribution in [-0.2, 0) is 16.6 Å². The maximum Gasteiger partial charge on any atom is 0.213 e. The van der Waals surface area contributed by atoms with Gasteiger partial charge in [-0.3, -0.25) is 9.58 Å². The molecule has 21 heavy (non-hydrogen) atoms. The van der Waals surface area contributed by atoms with Gasteiger partial charge in [0.05, 0.1) is 12.3 Å². The minimum Gasteiger partial charge on any atom is -0.299 e. The molecule has 0 saturated carbocycles. The zero-order valence-corrected chi connectivity index (χ0v) is 13.7. The topological polar surface area (TPSA) is 71.3 Å². The Morgan fingerprint density at radius 2 is 2.14 bits per heavy atom. The molecular formula is C13H25N5O2S. The van der Waals surface area contributed by atoms with Crippen molar-refractivity contribution in [2.45, 2.75) is 38.3 Å². The molecule has 0 radical (unpaired) electrons. The Morgan fingerprint density at radius 1 is 1.33 bits per heavy atom. The van der Waals surface area contributed by atoms with Gasteiger partial charge >= 0.3 is 0 Å². The van der Waals surface area contributed by atoms with Crippen molar-refractivity contribution < 1.29 is 8.42 Å². The van der Waals surface area contributed by atoms with Gasteiger partial charge in [0, 0.05) is 20.1 Å². The Morgan fingerprint density at radius 3 is 2.81 bits per heavy atom. The third kappa shape index (κ3) is 4.76. The molecule has 1 aliphatic rings. The first-order chi connectivity index (χ1) is 9.99. The summed E-state index contributed by atoms with van der Waals surface area (Å²) in [5, 5.41) is 4.16. The average Bonchev–Trinajstić information content (AvgIpc) is 2.93. The highest BCUT2D eigenvalue weighted by Crippen LogP contribution is 2.18. The van der Waals surface area contributed by atoms with Crippen molar-refractivity contribution >= 4 is 10.0 Å². The van der Waals surface area contributed by atoms with Gasteiger partial charge in [0.1, 0.15) is 12.7 Å². The molecule has 1 aliphatic heterocycles. The zero-order valence-electron chi connectivity index (χ0n) is 12.8. The lowest BCUT2D eigenvalue weighted by molar-refractivity contribution is 0.130. The number of nitrogens with zero attached hydrogens (tertiary/aromatic N) is 5. The number of piperidine rings is 1. The van der Waals surface area contributed by atoms with E-state index in [0.717, 1.165) is 26.1 Å². The lowest BCUT2D eigenvalue weighted by Gasteiger charge is -2.35. The van der Waals surface area contributed by atoms with E-state index in [1.807, 2.05) is 4.68 Å². The van der Waals surface area contributed by atoms with Crippen molar-refractivity contribution in [3.05, 3.63) is 12.7 Å². The summed E-state index contributed by atoms with van der Waals surface area (Å²) in [4.78, 5) is 6.37. The molecule has 0 bridgehead atoms. The van der Waals surface area contributed by atoms with Gasteiger partial charge in [-0.2, -0.15) is 5.10 Å². The van der Waals surface area contributed by atoms with Crippen LogP contribution in [0.2, 0.25) is 0 Å². The van der Waals surface area contributed by atoms with Crippen LogP contribution < -0.4 is 0 Å². The SMILES string of the molecule is CN(C)S(=O)(=O)CCCN1CCCCC1Cn1cncn1. The molecule has 1 atom stereocenters. The maximum atomic E-state index is 11.8. The van der Waals surface area contributed by atoms with Gasteiger partial charge < -0.3 is 0 Å². The van der Waals surface area contributed by atoms with E-state index in [0.29, 0.717) is 12.5 Å². The van der Waals surface area contributed by atoms with Crippen LogP contribution in [0.4, 0.5) is 0 Å². The van der Waals surface area contributed by atoms with Gasteiger partial charge in [0.25, 0.3) is 0 Å². The average molecular weight is 315 g/mol. The number of sulfonamides is 1. The van der Waals surface area contributed by atoms with Gasteiger partial charge in [-0.15, -0.1) is 0 Å². The minimum atomic E-state index is -3.09. The van der Waals surface area contributed by atoms with Gasteiger partial charge in [-0.05, 0) is 32.4 Å². The zero-order chi connectivity index (χ0) is 15.3. The maximum absolute atomic E-state index is 11.8. The predicted octanol–water partition coefficient (Wildman–Crippen LogP) is 0.414. The van der Waals surface area contributed by atoms with Crippen LogP contribution >= 0.6 is 0 Å². The van der Waals surface area contributed by atoms with Crippen molar-refractivity contribution in [3.8, 4) is 0 Å². The van der Waals surface area contributed by atoms with Crippen molar-refractivity contribution in [1.82, 2.24) is 24.0 Å². The summed E-state index contributed by atoms with van der Waals surface area (Å²) < 4.78 is 26.8. The van der Waals surface area contributed by atoms with Crippen molar-refractivity contribution in [2.75, 3.05) is 32.9 Å². The van der Waals surface area contributed by atoms with E-state index < -0.39 is 10.0 Å². The highest BCUT2D eigenvalue weighted by Gasteiger charge is 2.23. The quantitative estimate of drug-likeness (QED) is 0.729. The fourth-order valence-corrected chi connectivity index (χ4v) is 3.60.